The van der Waals surface area contributed by atoms with E-state index in [1.165, 1.54) is 11.3 Å². The molecule has 1 aromatic carbocycles. The molecule has 5 heteroatoms. The summed E-state index contributed by atoms with van der Waals surface area (Å²) in [6.07, 6.45) is 0. The third-order valence-corrected chi connectivity index (χ3v) is 4.04. The molecule has 2 aromatic rings. The van der Waals surface area contributed by atoms with Gasteiger partial charge in [-0.2, -0.15) is 0 Å². The van der Waals surface area contributed by atoms with Gasteiger partial charge in [0, 0.05) is 29.2 Å². The number of hydrogen-bond donors (Lipinski definition) is 1. The van der Waals surface area contributed by atoms with Gasteiger partial charge in [-0.1, -0.05) is 0 Å². The molecule has 4 nitrogen and oxygen atoms in total. The fourth-order valence-electron chi connectivity index (χ4n) is 2.43. The Morgan fingerprint density at radius 1 is 1.37 bits per heavy atom. The lowest BCUT2D eigenvalue weighted by atomic mass is 10.1. The van der Waals surface area contributed by atoms with Crippen molar-refractivity contribution in [1.29, 1.82) is 0 Å². The Morgan fingerprint density at radius 2 is 2.05 bits per heavy atom. The molecule has 0 saturated carbocycles. The Balaban J connectivity index is 2.83. The second kappa shape index (κ2) is 5.43. The van der Waals surface area contributed by atoms with Gasteiger partial charge in [-0.3, -0.25) is 0 Å². The van der Waals surface area contributed by atoms with Crippen molar-refractivity contribution in [2.75, 3.05) is 13.9 Å². The van der Waals surface area contributed by atoms with Crippen LogP contribution in [0, 0.1) is 13.8 Å². The van der Waals surface area contributed by atoms with Crippen molar-refractivity contribution in [2.45, 2.75) is 27.3 Å². The van der Waals surface area contributed by atoms with Crippen LogP contribution in [0.4, 0.5) is 0 Å². The molecule has 1 N–H and O–H groups in total. The summed E-state index contributed by atoms with van der Waals surface area (Å²) in [5.74, 6) is 0.585. The third-order valence-electron chi connectivity index (χ3n) is 3.42. The fourth-order valence-corrected chi connectivity index (χ4v) is 3.13. The van der Waals surface area contributed by atoms with Gasteiger partial charge in [0.05, 0.1) is 5.52 Å². The van der Waals surface area contributed by atoms with Crippen LogP contribution in [0.1, 0.15) is 18.2 Å². The smallest absolute Gasteiger partial charge is 0.189 e. The van der Waals surface area contributed by atoms with E-state index in [0.717, 1.165) is 21.9 Å². The number of aromatic hydroxyl groups is 1. The van der Waals surface area contributed by atoms with Gasteiger partial charge in [0.25, 0.3) is 0 Å². The first-order valence-corrected chi connectivity index (χ1v) is 6.94. The number of ether oxygens (including phenoxy) is 2. The van der Waals surface area contributed by atoms with E-state index in [1.807, 2.05) is 0 Å². The maximum absolute atomic E-state index is 10.1. The molecular weight excluding hydrogens is 310 g/mol. The molecule has 0 bridgehead atoms. The number of hydrogen-bond acceptors (Lipinski definition) is 3. The van der Waals surface area contributed by atoms with Crippen molar-refractivity contribution in [3.63, 3.8) is 0 Å². The summed E-state index contributed by atoms with van der Waals surface area (Å²) in [4.78, 5) is 0. The van der Waals surface area contributed by atoms with Crippen LogP contribution in [-0.2, 0) is 11.3 Å². The predicted molar refractivity (Wildman–Crippen MR) is 79.0 cm³/mol. The lowest BCUT2D eigenvalue weighted by Crippen LogP contribution is -2.03. The number of methoxy groups -OCH3 is 1. The molecule has 0 amide bonds. The second-order valence-electron chi connectivity index (χ2n) is 4.44. The molecule has 2 rings (SSSR count). The fraction of sp³-hybridized carbons (Fsp3) is 0.429. The molecule has 0 spiro atoms. The lowest BCUT2D eigenvalue weighted by molar-refractivity contribution is 0.0501. The number of aryl methyl sites for hydroxylation is 2. The number of phenolic OH excluding ortho intramolecular Hbond substituents is 1. The van der Waals surface area contributed by atoms with E-state index in [1.54, 1.807) is 13.2 Å². The zero-order chi connectivity index (χ0) is 14.2. The lowest BCUT2D eigenvalue weighted by Gasteiger charge is -2.12. The van der Waals surface area contributed by atoms with Crippen LogP contribution in [0.5, 0.6) is 11.5 Å². The van der Waals surface area contributed by atoms with Gasteiger partial charge < -0.3 is 19.1 Å². The minimum Gasteiger partial charge on any atom is -0.504 e. The highest BCUT2D eigenvalue weighted by Crippen LogP contribution is 2.43. The molecule has 0 saturated heterocycles. The largest absolute Gasteiger partial charge is 0.504 e. The SMILES string of the molecule is CCn1c(C)c(C)c2c(Br)cc(O)c(OCOC)c21. The number of fused-ring (bicyclic) bond motifs is 1. The van der Waals surface area contributed by atoms with Crippen molar-refractivity contribution >= 4 is 26.8 Å². The van der Waals surface area contributed by atoms with Gasteiger partial charge in [-0.25, -0.2) is 0 Å². The number of aromatic nitrogens is 1. The first-order valence-electron chi connectivity index (χ1n) is 6.15. The highest BCUT2D eigenvalue weighted by molar-refractivity contribution is 9.10. The van der Waals surface area contributed by atoms with Crippen LogP contribution < -0.4 is 4.74 Å². The molecule has 0 aliphatic heterocycles. The standard InChI is InChI=1S/C14H18BrNO3/c1-5-16-9(3)8(2)12-10(15)6-11(17)14(13(12)16)19-7-18-4/h6,17H,5,7H2,1-4H3. The molecule has 0 fully saturated rings. The summed E-state index contributed by atoms with van der Waals surface area (Å²) in [7, 11) is 1.56. The van der Waals surface area contributed by atoms with Crippen LogP contribution in [0.3, 0.4) is 0 Å². The summed E-state index contributed by atoms with van der Waals surface area (Å²) in [5, 5.41) is 11.2. The molecule has 1 heterocycles. The number of halogens is 1. The van der Waals surface area contributed by atoms with Crippen LogP contribution in [-0.4, -0.2) is 23.6 Å². The molecule has 0 unspecified atom stereocenters. The van der Waals surface area contributed by atoms with Crippen LogP contribution in [0.2, 0.25) is 0 Å². The summed E-state index contributed by atoms with van der Waals surface area (Å²) >= 11 is 3.52. The first kappa shape index (κ1) is 14.2. The molecule has 1 aromatic heterocycles. The van der Waals surface area contributed by atoms with Gasteiger partial charge >= 0.3 is 0 Å². The minimum absolute atomic E-state index is 0.108. The van der Waals surface area contributed by atoms with Crippen molar-refractivity contribution in [3.8, 4) is 11.5 Å². The van der Waals surface area contributed by atoms with E-state index in [9.17, 15) is 5.11 Å². The minimum atomic E-state index is 0.108. The van der Waals surface area contributed by atoms with Crippen molar-refractivity contribution in [1.82, 2.24) is 4.57 Å². The molecule has 104 valence electrons. The van der Waals surface area contributed by atoms with E-state index < -0.39 is 0 Å². The maximum atomic E-state index is 10.1. The normalized spacial score (nSPS) is 11.2. The molecule has 0 aliphatic carbocycles. The van der Waals surface area contributed by atoms with Crippen LogP contribution >= 0.6 is 15.9 Å². The van der Waals surface area contributed by atoms with Crippen molar-refractivity contribution < 1.29 is 14.6 Å². The Kier molecular flexibility index (Phi) is 4.06. The first-order chi connectivity index (χ1) is 9.02. The average molecular weight is 328 g/mol. The number of nitrogens with zero attached hydrogens (tertiary/aromatic N) is 1. The molecule has 0 aliphatic rings. The predicted octanol–water partition coefficient (Wildman–Crippen LogP) is 3.73. The van der Waals surface area contributed by atoms with Crippen molar-refractivity contribution in [2.24, 2.45) is 0 Å². The second-order valence-corrected chi connectivity index (χ2v) is 5.29. The summed E-state index contributed by atoms with van der Waals surface area (Å²) < 4.78 is 13.5. The third kappa shape index (κ3) is 2.21. The average Bonchev–Trinajstić information content (AvgIpc) is 2.62. The van der Waals surface area contributed by atoms with Gasteiger partial charge in [0.2, 0.25) is 0 Å². The summed E-state index contributed by atoms with van der Waals surface area (Å²) in [6.45, 7) is 7.14. The van der Waals surface area contributed by atoms with E-state index in [-0.39, 0.29) is 12.5 Å². The zero-order valence-corrected chi connectivity index (χ0v) is 13.2. The Hall–Kier alpha value is -1.20. The topological polar surface area (TPSA) is 43.6 Å². The van der Waals surface area contributed by atoms with E-state index >= 15 is 0 Å². The van der Waals surface area contributed by atoms with Crippen molar-refractivity contribution in [3.05, 3.63) is 21.8 Å². The highest BCUT2D eigenvalue weighted by Gasteiger charge is 2.20. The highest BCUT2D eigenvalue weighted by atomic mass is 79.9. The van der Waals surface area contributed by atoms with E-state index in [2.05, 4.69) is 41.3 Å². The zero-order valence-electron chi connectivity index (χ0n) is 11.6. The molecule has 0 atom stereocenters. The molecule has 0 radical (unpaired) electrons. The Morgan fingerprint density at radius 3 is 2.63 bits per heavy atom. The number of benzene rings is 1. The molecular formula is C14H18BrNO3. The van der Waals surface area contributed by atoms with E-state index in [0.29, 0.717) is 5.75 Å². The van der Waals surface area contributed by atoms with Gasteiger partial charge in [-0.05, 0) is 48.3 Å². The van der Waals surface area contributed by atoms with Gasteiger partial charge in [0.1, 0.15) is 0 Å². The summed E-state index contributed by atoms with van der Waals surface area (Å²) in [6, 6.07) is 1.67. The Labute approximate surface area is 121 Å². The maximum Gasteiger partial charge on any atom is 0.189 e. The van der Waals surface area contributed by atoms with Crippen LogP contribution in [0.15, 0.2) is 10.5 Å². The number of rotatable bonds is 4. The van der Waals surface area contributed by atoms with E-state index in [4.69, 9.17) is 9.47 Å². The summed E-state index contributed by atoms with van der Waals surface area (Å²) in [5.41, 5.74) is 3.26. The Bertz CT molecular complexity index is 619. The van der Waals surface area contributed by atoms with Crippen LogP contribution in [0.25, 0.3) is 10.9 Å². The van der Waals surface area contributed by atoms with Gasteiger partial charge in [-0.15, -0.1) is 0 Å². The quantitative estimate of drug-likeness (QED) is 0.870. The monoisotopic (exact) mass is 327 g/mol. The number of phenols is 1. The van der Waals surface area contributed by atoms with Gasteiger partial charge in [0.15, 0.2) is 18.3 Å². The molecule has 19 heavy (non-hydrogen) atoms.